The number of carbonyl (C=O) groups is 1. The van der Waals surface area contributed by atoms with Crippen molar-refractivity contribution in [2.45, 2.75) is 39.5 Å². The molecule has 0 spiro atoms. The third-order valence-corrected chi connectivity index (χ3v) is 3.39. The van der Waals surface area contributed by atoms with Crippen molar-refractivity contribution in [2.75, 3.05) is 24.3 Å². The van der Waals surface area contributed by atoms with Gasteiger partial charge in [0.25, 0.3) is 0 Å². The lowest BCUT2D eigenvalue weighted by Gasteiger charge is -2.08. The van der Waals surface area contributed by atoms with E-state index in [2.05, 4.69) is 19.2 Å². The zero-order chi connectivity index (χ0) is 15.7. The molecule has 0 atom stereocenters. The highest BCUT2D eigenvalue weighted by molar-refractivity contribution is 6.33. The van der Waals surface area contributed by atoms with Crippen LogP contribution in [0.4, 0.5) is 11.4 Å². The number of benzene rings is 1. The number of anilines is 2. The smallest absolute Gasteiger partial charge is 0.224 e. The van der Waals surface area contributed by atoms with Gasteiger partial charge in [0.1, 0.15) is 0 Å². The summed E-state index contributed by atoms with van der Waals surface area (Å²) in [6, 6.07) is 5.06. The van der Waals surface area contributed by atoms with E-state index in [0.717, 1.165) is 19.4 Å². The van der Waals surface area contributed by atoms with E-state index < -0.39 is 0 Å². The fourth-order valence-corrected chi connectivity index (χ4v) is 1.99. The average molecular weight is 313 g/mol. The van der Waals surface area contributed by atoms with Gasteiger partial charge in [0.2, 0.25) is 5.91 Å². The first-order chi connectivity index (χ1) is 9.99. The normalized spacial score (nSPS) is 10.9. The number of carbonyl (C=O) groups excluding carboxylic acids is 1. The topological polar surface area (TPSA) is 64.3 Å². The summed E-state index contributed by atoms with van der Waals surface area (Å²) in [7, 11) is 0. The van der Waals surface area contributed by atoms with Gasteiger partial charge in [-0.1, -0.05) is 25.4 Å². The third kappa shape index (κ3) is 7.93. The van der Waals surface area contributed by atoms with Crippen molar-refractivity contribution in [2.24, 2.45) is 5.92 Å². The van der Waals surface area contributed by atoms with Gasteiger partial charge in [-0.2, -0.15) is 0 Å². The number of hydrogen-bond donors (Lipinski definition) is 2. The maximum atomic E-state index is 11.7. The fraction of sp³-hybridized carbons (Fsp3) is 0.562. The molecule has 21 heavy (non-hydrogen) atoms. The summed E-state index contributed by atoms with van der Waals surface area (Å²) in [6.07, 6.45) is 3.41. The molecule has 0 aliphatic rings. The minimum Gasteiger partial charge on any atom is -0.397 e. The van der Waals surface area contributed by atoms with Gasteiger partial charge in [0, 0.05) is 25.3 Å². The van der Waals surface area contributed by atoms with E-state index >= 15 is 0 Å². The molecule has 3 N–H and O–H groups in total. The van der Waals surface area contributed by atoms with Crippen molar-refractivity contribution in [1.82, 2.24) is 0 Å². The first-order valence-electron chi connectivity index (χ1n) is 7.41. The van der Waals surface area contributed by atoms with Crippen LogP contribution in [0.25, 0.3) is 0 Å². The van der Waals surface area contributed by atoms with E-state index in [4.69, 9.17) is 22.1 Å². The molecule has 1 amide bonds. The standard InChI is InChI=1S/C16H25ClN2O2/c1-12(2)5-3-9-21-10-4-6-16(20)19-13-7-8-14(17)15(18)11-13/h7-8,11-12H,3-6,9-10,18H2,1-2H3,(H,19,20). The summed E-state index contributed by atoms with van der Waals surface area (Å²) >= 11 is 5.83. The number of halogens is 1. The van der Waals surface area contributed by atoms with E-state index in [0.29, 0.717) is 35.3 Å². The molecule has 5 heteroatoms. The molecule has 1 aromatic rings. The van der Waals surface area contributed by atoms with Crippen molar-refractivity contribution in [1.29, 1.82) is 0 Å². The highest BCUT2D eigenvalue weighted by Gasteiger charge is 2.04. The zero-order valence-electron chi connectivity index (χ0n) is 12.8. The van der Waals surface area contributed by atoms with Crippen molar-refractivity contribution in [3.63, 3.8) is 0 Å². The number of rotatable bonds is 9. The zero-order valence-corrected chi connectivity index (χ0v) is 13.6. The van der Waals surface area contributed by atoms with E-state index in [9.17, 15) is 4.79 Å². The number of amides is 1. The van der Waals surface area contributed by atoms with Gasteiger partial charge >= 0.3 is 0 Å². The molecule has 0 saturated heterocycles. The Morgan fingerprint density at radius 2 is 2.05 bits per heavy atom. The quantitative estimate of drug-likeness (QED) is 0.533. The SMILES string of the molecule is CC(C)CCCOCCCC(=O)Nc1ccc(Cl)c(N)c1. The van der Waals surface area contributed by atoms with Crippen LogP contribution >= 0.6 is 11.6 Å². The van der Waals surface area contributed by atoms with Crippen LogP contribution in [-0.2, 0) is 9.53 Å². The van der Waals surface area contributed by atoms with Crippen LogP contribution in [0.2, 0.25) is 5.02 Å². The molecule has 0 heterocycles. The van der Waals surface area contributed by atoms with Crippen molar-refractivity contribution in [3.05, 3.63) is 23.2 Å². The summed E-state index contributed by atoms with van der Waals surface area (Å²) < 4.78 is 5.50. The van der Waals surface area contributed by atoms with Gasteiger partial charge < -0.3 is 15.8 Å². The summed E-state index contributed by atoms with van der Waals surface area (Å²) in [5.41, 5.74) is 6.81. The summed E-state index contributed by atoms with van der Waals surface area (Å²) in [5.74, 6) is 0.675. The van der Waals surface area contributed by atoms with E-state index in [-0.39, 0.29) is 5.91 Å². The van der Waals surface area contributed by atoms with Crippen molar-refractivity contribution in [3.8, 4) is 0 Å². The largest absolute Gasteiger partial charge is 0.397 e. The first kappa shape index (κ1) is 17.8. The molecule has 0 saturated carbocycles. The molecule has 4 nitrogen and oxygen atoms in total. The van der Waals surface area contributed by atoms with Crippen LogP contribution in [0.1, 0.15) is 39.5 Å². The van der Waals surface area contributed by atoms with E-state index in [1.807, 2.05) is 0 Å². The lowest BCUT2D eigenvalue weighted by Crippen LogP contribution is -2.12. The summed E-state index contributed by atoms with van der Waals surface area (Å²) in [5, 5.41) is 3.28. The predicted molar refractivity (Wildman–Crippen MR) is 88.6 cm³/mol. The number of ether oxygens (including phenoxy) is 1. The maximum Gasteiger partial charge on any atom is 0.224 e. The summed E-state index contributed by atoms with van der Waals surface area (Å²) in [4.78, 5) is 11.7. The van der Waals surface area contributed by atoms with Gasteiger partial charge in [0.05, 0.1) is 10.7 Å². The number of nitrogens with one attached hydrogen (secondary N) is 1. The Labute approximate surface area is 132 Å². The van der Waals surface area contributed by atoms with Gasteiger partial charge in [-0.3, -0.25) is 4.79 Å². The van der Waals surface area contributed by atoms with Gasteiger partial charge in [0.15, 0.2) is 0 Å². The van der Waals surface area contributed by atoms with E-state index in [1.165, 1.54) is 6.42 Å². The molecule has 1 rings (SSSR count). The predicted octanol–water partition coefficient (Wildman–Crippen LogP) is 4.09. The van der Waals surface area contributed by atoms with Crippen LogP contribution < -0.4 is 11.1 Å². The second-order valence-electron chi connectivity index (χ2n) is 5.54. The van der Waals surface area contributed by atoms with Crippen LogP contribution in [0.5, 0.6) is 0 Å². The molecule has 1 aromatic carbocycles. The number of nitrogen functional groups attached to an aromatic ring is 1. The molecule has 0 aliphatic carbocycles. The number of hydrogen-bond acceptors (Lipinski definition) is 3. The van der Waals surface area contributed by atoms with Crippen LogP contribution in [0, 0.1) is 5.92 Å². The van der Waals surface area contributed by atoms with Crippen molar-refractivity contribution >= 4 is 28.9 Å². The Kier molecular flexibility index (Phi) is 8.16. The molecule has 0 aliphatic heterocycles. The minimum atomic E-state index is -0.0393. The summed E-state index contributed by atoms with van der Waals surface area (Å²) in [6.45, 7) is 5.80. The maximum absolute atomic E-state index is 11.7. The number of nitrogens with two attached hydrogens (primary N) is 1. The molecule has 0 radical (unpaired) electrons. The molecule has 0 unspecified atom stereocenters. The van der Waals surface area contributed by atoms with Crippen molar-refractivity contribution < 1.29 is 9.53 Å². The first-order valence-corrected chi connectivity index (χ1v) is 7.79. The lowest BCUT2D eigenvalue weighted by molar-refractivity contribution is -0.116. The second kappa shape index (κ2) is 9.64. The fourth-order valence-electron chi connectivity index (χ4n) is 1.88. The molecule has 0 bridgehead atoms. The lowest BCUT2D eigenvalue weighted by atomic mass is 10.1. The Morgan fingerprint density at radius 1 is 1.33 bits per heavy atom. The van der Waals surface area contributed by atoms with E-state index in [1.54, 1.807) is 18.2 Å². The molecular formula is C16H25ClN2O2. The van der Waals surface area contributed by atoms with Gasteiger partial charge in [-0.15, -0.1) is 0 Å². The molecule has 0 aromatic heterocycles. The third-order valence-electron chi connectivity index (χ3n) is 3.04. The highest BCUT2D eigenvalue weighted by atomic mass is 35.5. The van der Waals surface area contributed by atoms with Crippen LogP contribution in [-0.4, -0.2) is 19.1 Å². The Hall–Kier alpha value is -1.26. The van der Waals surface area contributed by atoms with Crippen LogP contribution in [0.15, 0.2) is 18.2 Å². The Morgan fingerprint density at radius 3 is 2.71 bits per heavy atom. The monoisotopic (exact) mass is 312 g/mol. The Balaban J connectivity index is 2.12. The molecule has 118 valence electrons. The Bertz CT molecular complexity index is 450. The minimum absolute atomic E-state index is 0.0393. The molecule has 0 fully saturated rings. The molecular weight excluding hydrogens is 288 g/mol. The van der Waals surface area contributed by atoms with Gasteiger partial charge in [-0.25, -0.2) is 0 Å². The van der Waals surface area contributed by atoms with Gasteiger partial charge in [-0.05, 0) is 43.4 Å². The second-order valence-corrected chi connectivity index (χ2v) is 5.94. The average Bonchev–Trinajstić information content (AvgIpc) is 2.41. The van der Waals surface area contributed by atoms with Crippen LogP contribution in [0.3, 0.4) is 0 Å². The highest BCUT2D eigenvalue weighted by Crippen LogP contribution is 2.22.